The quantitative estimate of drug-likeness (QED) is 0.799. The number of likely N-dealkylation sites (N-methyl/N-ethyl adjacent to an activating group) is 1. The van der Waals surface area contributed by atoms with E-state index in [0.717, 1.165) is 11.1 Å². The third kappa shape index (κ3) is 6.08. The number of carbonyl (C=O) groups excluding carboxylic acids is 1. The highest BCUT2D eigenvalue weighted by Gasteiger charge is 2.09. The van der Waals surface area contributed by atoms with E-state index in [4.69, 9.17) is 9.47 Å². The second kappa shape index (κ2) is 9.64. The average molecular weight is 346 g/mol. The molecule has 0 heterocycles. The first-order chi connectivity index (χ1) is 12.1. The molecular formula is C19H23FN2O3. The first-order valence-corrected chi connectivity index (χ1v) is 8.03. The highest BCUT2D eigenvalue weighted by Crippen LogP contribution is 2.11. The molecule has 2 aromatic carbocycles. The fourth-order valence-corrected chi connectivity index (χ4v) is 2.26. The largest absolute Gasteiger partial charge is 0.492 e. The predicted octanol–water partition coefficient (Wildman–Crippen LogP) is 3.19. The lowest BCUT2D eigenvalue weighted by Gasteiger charge is -2.19. The summed E-state index contributed by atoms with van der Waals surface area (Å²) < 4.78 is 23.5. The molecule has 5 nitrogen and oxygen atoms in total. The van der Waals surface area contributed by atoms with Crippen molar-refractivity contribution >= 4 is 6.03 Å². The van der Waals surface area contributed by atoms with Crippen molar-refractivity contribution in [2.45, 2.75) is 13.2 Å². The number of rotatable bonds is 8. The molecule has 2 rings (SSSR count). The van der Waals surface area contributed by atoms with Gasteiger partial charge in [-0.05, 0) is 35.4 Å². The standard InChI is InChI=1S/C19H23FN2O3/c1-22(11-12-25-18-9-7-17(20)8-10-18)19(23)21-13-15-5-3-4-6-16(15)14-24-2/h3-10H,11-14H2,1-2H3,(H,21,23). The van der Waals surface area contributed by atoms with E-state index in [9.17, 15) is 9.18 Å². The number of carbonyl (C=O) groups is 1. The molecule has 0 radical (unpaired) electrons. The van der Waals surface area contributed by atoms with Gasteiger partial charge in [0.1, 0.15) is 18.2 Å². The fourth-order valence-electron chi connectivity index (χ4n) is 2.26. The molecule has 0 atom stereocenters. The Labute approximate surface area is 147 Å². The molecule has 134 valence electrons. The van der Waals surface area contributed by atoms with Gasteiger partial charge in [-0.1, -0.05) is 24.3 Å². The van der Waals surface area contributed by atoms with Crippen molar-refractivity contribution in [2.75, 3.05) is 27.3 Å². The van der Waals surface area contributed by atoms with Crippen LogP contribution in [0.4, 0.5) is 9.18 Å². The van der Waals surface area contributed by atoms with Crippen LogP contribution in [0, 0.1) is 5.82 Å². The van der Waals surface area contributed by atoms with Gasteiger partial charge >= 0.3 is 6.03 Å². The lowest BCUT2D eigenvalue weighted by molar-refractivity contribution is 0.183. The summed E-state index contributed by atoms with van der Waals surface area (Å²) in [5.74, 6) is 0.265. The Balaban J connectivity index is 1.75. The molecule has 2 amide bonds. The molecule has 0 fully saturated rings. The Morgan fingerprint density at radius 2 is 1.80 bits per heavy atom. The van der Waals surface area contributed by atoms with Gasteiger partial charge in [-0.25, -0.2) is 9.18 Å². The van der Waals surface area contributed by atoms with Gasteiger partial charge in [-0.3, -0.25) is 0 Å². The summed E-state index contributed by atoms with van der Waals surface area (Å²) in [7, 11) is 3.34. The Bertz CT molecular complexity index is 677. The zero-order valence-corrected chi connectivity index (χ0v) is 14.5. The number of methoxy groups -OCH3 is 1. The number of ether oxygens (including phenoxy) is 2. The van der Waals surface area contributed by atoms with E-state index in [1.807, 2.05) is 24.3 Å². The second-order valence-corrected chi connectivity index (χ2v) is 5.58. The van der Waals surface area contributed by atoms with Crippen molar-refractivity contribution < 1.29 is 18.7 Å². The molecular weight excluding hydrogens is 323 g/mol. The topological polar surface area (TPSA) is 50.8 Å². The molecule has 0 saturated heterocycles. The third-order valence-corrected chi connectivity index (χ3v) is 3.70. The molecule has 0 aliphatic carbocycles. The Hall–Kier alpha value is -2.60. The summed E-state index contributed by atoms with van der Waals surface area (Å²) in [6.45, 7) is 1.69. The summed E-state index contributed by atoms with van der Waals surface area (Å²) >= 11 is 0. The van der Waals surface area contributed by atoms with Crippen LogP contribution < -0.4 is 10.1 Å². The predicted molar refractivity (Wildman–Crippen MR) is 93.9 cm³/mol. The van der Waals surface area contributed by atoms with Crippen molar-refractivity contribution in [2.24, 2.45) is 0 Å². The summed E-state index contributed by atoms with van der Waals surface area (Å²) in [5, 5.41) is 2.88. The molecule has 0 aliphatic rings. The summed E-state index contributed by atoms with van der Waals surface area (Å²) in [6.07, 6.45) is 0. The van der Waals surface area contributed by atoms with Crippen molar-refractivity contribution in [3.63, 3.8) is 0 Å². The number of amides is 2. The van der Waals surface area contributed by atoms with Gasteiger partial charge in [0.25, 0.3) is 0 Å². The van der Waals surface area contributed by atoms with Crippen molar-refractivity contribution in [3.8, 4) is 5.75 Å². The minimum atomic E-state index is -0.308. The lowest BCUT2D eigenvalue weighted by Crippen LogP contribution is -2.39. The van der Waals surface area contributed by atoms with Gasteiger partial charge < -0.3 is 19.7 Å². The van der Waals surface area contributed by atoms with Gasteiger partial charge in [-0.2, -0.15) is 0 Å². The van der Waals surface area contributed by atoms with Crippen LogP contribution in [0.2, 0.25) is 0 Å². The minimum absolute atomic E-state index is 0.185. The van der Waals surface area contributed by atoms with E-state index < -0.39 is 0 Å². The first kappa shape index (κ1) is 18.7. The van der Waals surface area contributed by atoms with Crippen LogP contribution in [0.1, 0.15) is 11.1 Å². The van der Waals surface area contributed by atoms with Crippen LogP contribution in [-0.4, -0.2) is 38.2 Å². The Morgan fingerprint density at radius 1 is 1.12 bits per heavy atom. The van der Waals surface area contributed by atoms with Gasteiger partial charge in [0, 0.05) is 20.7 Å². The minimum Gasteiger partial charge on any atom is -0.492 e. The van der Waals surface area contributed by atoms with E-state index in [-0.39, 0.29) is 11.8 Å². The van der Waals surface area contributed by atoms with E-state index in [1.54, 1.807) is 31.2 Å². The molecule has 0 saturated carbocycles. The number of hydrogen-bond acceptors (Lipinski definition) is 3. The highest BCUT2D eigenvalue weighted by atomic mass is 19.1. The van der Waals surface area contributed by atoms with E-state index in [1.165, 1.54) is 12.1 Å². The Morgan fingerprint density at radius 3 is 2.48 bits per heavy atom. The summed E-state index contributed by atoms with van der Waals surface area (Å²) in [6, 6.07) is 13.4. The zero-order valence-electron chi connectivity index (χ0n) is 14.5. The monoisotopic (exact) mass is 346 g/mol. The number of benzene rings is 2. The van der Waals surface area contributed by atoms with Gasteiger partial charge in [-0.15, -0.1) is 0 Å². The smallest absolute Gasteiger partial charge is 0.317 e. The van der Waals surface area contributed by atoms with E-state index in [2.05, 4.69) is 5.32 Å². The lowest BCUT2D eigenvalue weighted by atomic mass is 10.1. The average Bonchev–Trinajstić information content (AvgIpc) is 2.62. The molecule has 25 heavy (non-hydrogen) atoms. The number of nitrogens with one attached hydrogen (secondary N) is 1. The van der Waals surface area contributed by atoms with Gasteiger partial charge in [0.05, 0.1) is 13.2 Å². The second-order valence-electron chi connectivity index (χ2n) is 5.58. The maximum atomic E-state index is 12.8. The van der Waals surface area contributed by atoms with Crippen LogP contribution in [0.15, 0.2) is 48.5 Å². The SMILES string of the molecule is COCc1ccccc1CNC(=O)N(C)CCOc1ccc(F)cc1. The van der Waals surface area contributed by atoms with Gasteiger partial charge in [0.15, 0.2) is 0 Å². The van der Waals surface area contributed by atoms with Crippen molar-refractivity contribution in [3.05, 3.63) is 65.5 Å². The molecule has 0 bridgehead atoms. The molecule has 0 unspecified atom stereocenters. The number of halogens is 1. The normalized spacial score (nSPS) is 10.4. The molecule has 0 aromatic heterocycles. The van der Waals surface area contributed by atoms with Crippen LogP contribution >= 0.6 is 0 Å². The van der Waals surface area contributed by atoms with Gasteiger partial charge in [0.2, 0.25) is 0 Å². The van der Waals surface area contributed by atoms with Crippen molar-refractivity contribution in [1.82, 2.24) is 10.2 Å². The Kier molecular flexibility index (Phi) is 7.22. The first-order valence-electron chi connectivity index (χ1n) is 8.03. The maximum absolute atomic E-state index is 12.8. The number of hydrogen-bond donors (Lipinski definition) is 1. The summed E-state index contributed by atoms with van der Waals surface area (Å²) in [5.41, 5.74) is 2.07. The maximum Gasteiger partial charge on any atom is 0.317 e. The number of urea groups is 1. The van der Waals surface area contributed by atoms with Crippen LogP contribution in [0.5, 0.6) is 5.75 Å². The molecule has 0 aliphatic heterocycles. The zero-order chi connectivity index (χ0) is 18.1. The van der Waals surface area contributed by atoms with E-state index in [0.29, 0.717) is 32.1 Å². The number of nitrogens with zero attached hydrogens (tertiary/aromatic N) is 1. The van der Waals surface area contributed by atoms with Crippen LogP contribution in [0.3, 0.4) is 0 Å². The molecule has 0 spiro atoms. The molecule has 1 N–H and O–H groups in total. The third-order valence-electron chi connectivity index (χ3n) is 3.70. The summed E-state index contributed by atoms with van der Waals surface area (Å²) in [4.78, 5) is 13.7. The highest BCUT2D eigenvalue weighted by molar-refractivity contribution is 5.73. The van der Waals surface area contributed by atoms with Crippen LogP contribution in [0.25, 0.3) is 0 Å². The molecule has 2 aromatic rings. The van der Waals surface area contributed by atoms with Crippen molar-refractivity contribution in [1.29, 1.82) is 0 Å². The fraction of sp³-hybridized carbons (Fsp3) is 0.316. The van der Waals surface area contributed by atoms with Crippen LogP contribution in [-0.2, 0) is 17.9 Å². The van der Waals surface area contributed by atoms with E-state index >= 15 is 0 Å². The molecule has 6 heteroatoms.